The lowest BCUT2D eigenvalue weighted by atomic mass is 10.1. The predicted molar refractivity (Wildman–Crippen MR) is 159 cm³/mol. The average Bonchev–Trinajstić information content (AvgIpc) is 3.28. The van der Waals surface area contributed by atoms with Crippen molar-refractivity contribution >= 4 is 28.3 Å². The summed E-state index contributed by atoms with van der Waals surface area (Å²) in [5.74, 6) is -0.504. The molecule has 2 aliphatic heterocycles. The number of carbonyl (C=O) groups excluding carboxylic acids is 2. The lowest BCUT2D eigenvalue weighted by Crippen LogP contribution is -2.43. The SMILES string of the molecule is Cc1ccc(C)c(CNN2C(=O)c3ccccc3S(=O)c3ccc(C(=O)NCCCN4CCCCCC4)cc32)c1. The number of hydrogen-bond donors (Lipinski definition) is 2. The van der Waals surface area contributed by atoms with Gasteiger partial charge in [-0.05, 0) is 94.2 Å². The Morgan fingerprint density at radius 3 is 2.50 bits per heavy atom. The maximum absolute atomic E-state index is 13.8. The van der Waals surface area contributed by atoms with Crippen molar-refractivity contribution in [1.82, 2.24) is 15.6 Å². The highest BCUT2D eigenvalue weighted by molar-refractivity contribution is 7.85. The molecule has 3 aromatic rings. The van der Waals surface area contributed by atoms with Crippen LogP contribution in [0.3, 0.4) is 0 Å². The number of carbonyl (C=O) groups is 2. The van der Waals surface area contributed by atoms with E-state index in [0.29, 0.717) is 39.7 Å². The van der Waals surface area contributed by atoms with Crippen molar-refractivity contribution in [2.75, 3.05) is 31.2 Å². The van der Waals surface area contributed by atoms with Gasteiger partial charge in [0.2, 0.25) is 0 Å². The zero-order valence-corrected chi connectivity index (χ0v) is 24.2. The Bertz CT molecular complexity index is 1420. The number of hydrazine groups is 1. The second kappa shape index (κ2) is 12.9. The lowest BCUT2D eigenvalue weighted by Gasteiger charge is -2.25. The van der Waals surface area contributed by atoms with Gasteiger partial charge >= 0.3 is 0 Å². The van der Waals surface area contributed by atoms with Crippen LogP contribution < -0.4 is 15.8 Å². The van der Waals surface area contributed by atoms with Crippen LogP contribution in [0, 0.1) is 13.8 Å². The van der Waals surface area contributed by atoms with Crippen LogP contribution in [0.2, 0.25) is 0 Å². The quantitative estimate of drug-likeness (QED) is 0.375. The van der Waals surface area contributed by atoms with E-state index in [0.717, 1.165) is 42.7 Å². The minimum atomic E-state index is -1.58. The first-order valence-electron chi connectivity index (χ1n) is 14.2. The van der Waals surface area contributed by atoms with E-state index in [1.54, 1.807) is 42.5 Å². The van der Waals surface area contributed by atoms with Gasteiger partial charge in [-0.25, -0.2) is 14.6 Å². The summed E-state index contributed by atoms with van der Waals surface area (Å²) in [7, 11) is -1.58. The van der Waals surface area contributed by atoms with Crippen molar-refractivity contribution in [2.24, 2.45) is 0 Å². The van der Waals surface area contributed by atoms with Gasteiger partial charge in [0.05, 0.1) is 31.8 Å². The second-order valence-corrected chi connectivity index (χ2v) is 12.1. The van der Waals surface area contributed by atoms with E-state index >= 15 is 0 Å². The fraction of sp³-hybridized carbons (Fsp3) is 0.375. The van der Waals surface area contributed by atoms with Gasteiger partial charge < -0.3 is 10.2 Å². The zero-order chi connectivity index (χ0) is 28.1. The van der Waals surface area contributed by atoms with Gasteiger partial charge in [-0.3, -0.25) is 9.59 Å². The van der Waals surface area contributed by atoms with Gasteiger partial charge in [0.25, 0.3) is 11.8 Å². The number of hydrogen-bond acceptors (Lipinski definition) is 5. The van der Waals surface area contributed by atoms with Gasteiger partial charge in [0.15, 0.2) is 0 Å². The largest absolute Gasteiger partial charge is 0.352 e. The number of amides is 2. The Kier molecular flexibility index (Phi) is 9.09. The molecule has 0 saturated carbocycles. The normalized spacial score (nSPS) is 17.5. The fourth-order valence-corrected chi connectivity index (χ4v) is 6.75. The molecular weight excluding hydrogens is 520 g/mol. The van der Waals surface area contributed by atoms with E-state index in [1.165, 1.54) is 30.7 Å². The van der Waals surface area contributed by atoms with Crippen LogP contribution in [0.4, 0.5) is 5.69 Å². The first kappa shape index (κ1) is 28.2. The van der Waals surface area contributed by atoms with E-state index in [1.807, 2.05) is 13.8 Å². The smallest absolute Gasteiger partial charge is 0.273 e. The van der Waals surface area contributed by atoms with Gasteiger partial charge in [-0.15, -0.1) is 0 Å². The molecule has 2 aliphatic rings. The maximum atomic E-state index is 13.8. The second-order valence-electron chi connectivity index (χ2n) is 10.7. The molecule has 0 bridgehead atoms. The Morgan fingerprint density at radius 2 is 1.70 bits per heavy atom. The molecule has 2 heterocycles. The minimum absolute atomic E-state index is 0.201. The number of nitrogens with one attached hydrogen (secondary N) is 2. The van der Waals surface area contributed by atoms with Crippen LogP contribution in [-0.2, 0) is 17.3 Å². The predicted octanol–water partition coefficient (Wildman–Crippen LogP) is 5.13. The van der Waals surface area contributed by atoms with E-state index in [4.69, 9.17) is 0 Å². The van der Waals surface area contributed by atoms with Crippen LogP contribution in [0.1, 0.15) is 69.5 Å². The zero-order valence-electron chi connectivity index (χ0n) is 23.4. The van der Waals surface area contributed by atoms with Crippen LogP contribution in [0.15, 0.2) is 70.5 Å². The number of benzene rings is 3. The molecular formula is C32H38N4O3S. The Balaban J connectivity index is 1.37. The molecule has 1 fully saturated rings. The summed E-state index contributed by atoms with van der Waals surface area (Å²) >= 11 is 0. The summed E-state index contributed by atoms with van der Waals surface area (Å²) < 4.78 is 13.7. The summed E-state index contributed by atoms with van der Waals surface area (Å²) in [6, 6.07) is 18.3. The third-order valence-electron chi connectivity index (χ3n) is 7.75. The maximum Gasteiger partial charge on any atom is 0.273 e. The lowest BCUT2D eigenvalue weighted by molar-refractivity contribution is 0.0946. The highest BCUT2D eigenvalue weighted by Gasteiger charge is 2.31. The molecule has 1 saturated heterocycles. The van der Waals surface area contributed by atoms with Crippen LogP contribution in [-0.4, -0.2) is 47.1 Å². The van der Waals surface area contributed by atoms with Gasteiger partial charge in [0, 0.05) is 18.7 Å². The third-order valence-corrected chi connectivity index (χ3v) is 9.25. The molecule has 2 amide bonds. The van der Waals surface area contributed by atoms with E-state index in [2.05, 4.69) is 33.8 Å². The van der Waals surface area contributed by atoms with E-state index in [-0.39, 0.29) is 11.8 Å². The first-order valence-corrected chi connectivity index (χ1v) is 15.4. The molecule has 5 rings (SSSR count). The minimum Gasteiger partial charge on any atom is -0.352 e. The van der Waals surface area contributed by atoms with Crippen LogP contribution >= 0.6 is 0 Å². The molecule has 40 heavy (non-hydrogen) atoms. The molecule has 7 nitrogen and oxygen atoms in total. The summed E-state index contributed by atoms with van der Waals surface area (Å²) in [5, 5.41) is 4.49. The standard InChI is InChI=1S/C32H38N4O3S/c1-23-12-13-24(2)26(20-23)22-34-36-28-21-25(31(37)33-16-9-19-35-17-7-3-4-8-18-35)14-15-30(28)40(39)29-11-6-5-10-27(29)32(36)38/h5-6,10-15,20-21,34H,3-4,7-9,16-19,22H2,1-2H3,(H,33,37). The third kappa shape index (κ3) is 6.35. The molecule has 0 spiro atoms. The number of likely N-dealkylation sites (tertiary alicyclic amines) is 1. The van der Waals surface area contributed by atoms with E-state index < -0.39 is 10.8 Å². The van der Waals surface area contributed by atoms with Crippen LogP contribution in [0.5, 0.6) is 0 Å². The van der Waals surface area contributed by atoms with Crippen molar-refractivity contribution in [2.45, 2.75) is 62.3 Å². The van der Waals surface area contributed by atoms with Crippen molar-refractivity contribution in [3.05, 3.63) is 88.5 Å². The van der Waals surface area contributed by atoms with Crippen molar-refractivity contribution in [3.63, 3.8) is 0 Å². The Morgan fingerprint density at radius 1 is 0.925 bits per heavy atom. The number of anilines is 1. The number of rotatable bonds is 8. The van der Waals surface area contributed by atoms with Gasteiger partial charge in [0.1, 0.15) is 0 Å². The Labute approximate surface area is 239 Å². The monoisotopic (exact) mass is 558 g/mol. The molecule has 0 aliphatic carbocycles. The summed E-state index contributed by atoms with van der Waals surface area (Å²) in [5.41, 5.74) is 7.83. The molecule has 0 radical (unpaired) electrons. The fourth-order valence-electron chi connectivity index (χ4n) is 5.42. The topological polar surface area (TPSA) is 81.8 Å². The van der Waals surface area contributed by atoms with Crippen molar-refractivity contribution < 1.29 is 13.8 Å². The molecule has 8 heteroatoms. The van der Waals surface area contributed by atoms with Crippen molar-refractivity contribution in [1.29, 1.82) is 0 Å². The summed E-state index contributed by atoms with van der Waals surface area (Å²) in [4.78, 5) is 30.4. The first-order chi connectivity index (χ1) is 19.4. The van der Waals surface area contributed by atoms with Crippen LogP contribution in [0.25, 0.3) is 0 Å². The Hall–Kier alpha value is -3.33. The molecule has 1 unspecified atom stereocenters. The summed E-state index contributed by atoms with van der Waals surface area (Å²) in [6.45, 7) is 8.31. The summed E-state index contributed by atoms with van der Waals surface area (Å²) in [6.07, 6.45) is 6.00. The highest BCUT2D eigenvalue weighted by Crippen LogP contribution is 2.34. The van der Waals surface area contributed by atoms with E-state index in [9.17, 15) is 13.8 Å². The van der Waals surface area contributed by atoms with Gasteiger partial charge in [-0.2, -0.15) is 0 Å². The number of fused-ring (bicyclic) bond motifs is 2. The highest BCUT2D eigenvalue weighted by atomic mass is 32.2. The average molecular weight is 559 g/mol. The van der Waals surface area contributed by atoms with Gasteiger partial charge in [-0.1, -0.05) is 48.7 Å². The number of aryl methyl sites for hydroxylation is 2. The molecule has 1 atom stereocenters. The molecule has 210 valence electrons. The van der Waals surface area contributed by atoms with Crippen molar-refractivity contribution in [3.8, 4) is 0 Å². The number of nitrogens with zero attached hydrogens (tertiary/aromatic N) is 2. The molecule has 0 aromatic heterocycles. The molecule has 2 N–H and O–H groups in total. The molecule has 3 aromatic carbocycles.